The fourth-order valence-electron chi connectivity index (χ4n) is 1.97. The monoisotopic (exact) mass is 249 g/mol. The van der Waals surface area contributed by atoms with Crippen molar-refractivity contribution in [1.29, 1.82) is 0 Å². The van der Waals surface area contributed by atoms with E-state index in [9.17, 15) is 4.79 Å². The van der Waals surface area contributed by atoms with Gasteiger partial charge in [0.1, 0.15) is 6.61 Å². The molecule has 2 heterocycles. The number of amides is 1. The molecule has 2 rings (SSSR count). The van der Waals surface area contributed by atoms with Crippen LogP contribution in [-0.2, 0) is 11.3 Å². The van der Waals surface area contributed by atoms with Crippen LogP contribution in [0.1, 0.15) is 23.1 Å². The number of thiophene rings is 1. The van der Waals surface area contributed by atoms with Crippen molar-refractivity contribution in [2.75, 3.05) is 13.2 Å². The van der Waals surface area contributed by atoms with Crippen molar-refractivity contribution in [3.05, 3.63) is 21.9 Å². The summed E-state index contributed by atoms with van der Waals surface area (Å²) in [6.07, 6.45) is 0.669. The van der Waals surface area contributed by atoms with Gasteiger partial charge >= 0.3 is 0 Å². The maximum Gasteiger partial charge on any atom is 0.223 e. The Morgan fingerprint density at radius 2 is 2.41 bits per heavy atom. The highest BCUT2D eigenvalue weighted by atomic mass is 32.1. The van der Waals surface area contributed by atoms with Gasteiger partial charge in [-0.25, -0.2) is 0 Å². The minimum absolute atomic E-state index is 0.116. The molecular formula is C13H15NO2S. The predicted molar refractivity (Wildman–Crippen MR) is 67.5 cm³/mol. The number of hydrogen-bond acceptors (Lipinski definition) is 3. The van der Waals surface area contributed by atoms with E-state index >= 15 is 0 Å². The van der Waals surface area contributed by atoms with E-state index in [2.05, 4.69) is 18.8 Å². The molecular weight excluding hydrogens is 234 g/mol. The van der Waals surface area contributed by atoms with Gasteiger partial charge in [-0.2, -0.15) is 0 Å². The van der Waals surface area contributed by atoms with Crippen LogP contribution in [0, 0.1) is 17.8 Å². The first-order valence-electron chi connectivity index (χ1n) is 5.65. The van der Waals surface area contributed by atoms with Gasteiger partial charge in [-0.15, -0.1) is 11.3 Å². The van der Waals surface area contributed by atoms with Crippen LogP contribution in [0.2, 0.25) is 0 Å². The normalized spacial score (nSPS) is 19.3. The average molecular weight is 249 g/mol. The molecule has 90 valence electrons. The molecule has 1 saturated heterocycles. The fourth-order valence-corrected chi connectivity index (χ4v) is 2.87. The van der Waals surface area contributed by atoms with Crippen molar-refractivity contribution in [2.24, 2.45) is 5.92 Å². The number of hydrogen-bond donors (Lipinski definition) is 1. The smallest absolute Gasteiger partial charge is 0.223 e. The highest BCUT2D eigenvalue weighted by molar-refractivity contribution is 7.12. The largest absolute Gasteiger partial charge is 0.384 e. The standard InChI is InChI=1S/C13H15NO2S/c1-10-7-13(16)14(8-10)9-12-5-4-11(17-12)3-2-6-15/h4-5,10,15H,6-9H2,1H3. The van der Waals surface area contributed by atoms with E-state index in [1.165, 1.54) is 0 Å². The Morgan fingerprint density at radius 3 is 3.06 bits per heavy atom. The van der Waals surface area contributed by atoms with Gasteiger partial charge in [0.15, 0.2) is 0 Å². The predicted octanol–water partition coefficient (Wildman–Crippen LogP) is 1.46. The third-order valence-corrected chi connectivity index (χ3v) is 3.69. The highest BCUT2D eigenvalue weighted by Gasteiger charge is 2.26. The van der Waals surface area contributed by atoms with Crippen LogP contribution in [0.4, 0.5) is 0 Å². The lowest BCUT2D eigenvalue weighted by Crippen LogP contribution is -2.23. The summed E-state index contributed by atoms with van der Waals surface area (Å²) in [4.78, 5) is 15.6. The van der Waals surface area contributed by atoms with E-state index in [0.29, 0.717) is 18.9 Å². The van der Waals surface area contributed by atoms with Crippen LogP contribution in [0.25, 0.3) is 0 Å². The molecule has 1 unspecified atom stereocenters. The van der Waals surface area contributed by atoms with Crippen LogP contribution in [0.3, 0.4) is 0 Å². The van der Waals surface area contributed by atoms with Gasteiger partial charge in [0.2, 0.25) is 5.91 Å². The Balaban J connectivity index is 1.99. The summed E-state index contributed by atoms with van der Waals surface area (Å²) in [5.74, 6) is 6.21. The van der Waals surface area contributed by atoms with Crippen LogP contribution < -0.4 is 0 Å². The molecule has 1 fully saturated rings. The third kappa shape index (κ3) is 3.09. The molecule has 1 aliphatic rings. The number of aliphatic hydroxyl groups excluding tert-OH is 1. The first-order chi connectivity index (χ1) is 8.19. The van der Waals surface area contributed by atoms with Crippen LogP contribution in [0.5, 0.6) is 0 Å². The zero-order valence-corrected chi connectivity index (χ0v) is 10.6. The van der Waals surface area contributed by atoms with Crippen molar-refractivity contribution in [1.82, 2.24) is 4.90 Å². The minimum atomic E-state index is -0.116. The van der Waals surface area contributed by atoms with Gasteiger partial charge in [-0.3, -0.25) is 4.79 Å². The Labute approximate surface area is 105 Å². The first-order valence-corrected chi connectivity index (χ1v) is 6.47. The average Bonchev–Trinajstić information content (AvgIpc) is 2.84. The molecule has 0 aromatic carbocycles. The van der Waals surface area contributed by atoms with Crippen molar-refractivity contribution in [3.63, 3.8) is 0 Å². The topological polar surface area (TPSA) is 40.5 Å². The molecule has 1 atom stereocenters. The fraction of sp³-hybridized carbons (Fsp3) is 0.462. The van der Waals surface area contributed by atoms with Gasteiger partial charge in [0.05, 0.1) is 11.4 Å². The van der Waals surface area contributed by atoms with Crippen molar-refractivity contribution in [2.45, 2.75) is 19.9 Å². The molecule has 0 saturated carbocycles. The van der Waals surface area contributed by atoms with Gasteiger partial charge in [-0.1, -0.05) is 18.8 Å². The molecule has 0 spiro atoms. The molecule has 0 bridgehead atoms. The summed E-state index contributed by atoms with van der Waals surface area (Å²) in [7, 11) is 0. The molecule has 1 N–H and O–H groups in total. The summed E-state index contributed by atoms with van der Waals surface area (Å²) in [6.45, 7) is 3.53. The lowest BCUT2D eigenvalue weighted by Gasteiger charge is -2.14. The molecule has 1 amide bonds. The number of likely N-dealkylation sites (tertiary alicyclic amines) is 1. The maximum absolute atomic E-state index is 11.6. The lowest BCUT2D eigenvalue weighted by molar-refractivity contribution is -0.128. The molecule has 3 nitrogen and oxygen atoms in total. The van der Waals surface area contributed by atoms with Gasteiger partial charge in [0, 0.05) is 17.8 Å². The summed E-state index contributed by atoms with van der Waals surface area (Å²) in [6, 6.07) is 3.94. The molecule has 0 radical (unpaired) electrons. The molecule has 1 aromatic rings. The van der Waals surface area contributed by atoms with Crippen molar-refractivity contribution >= 4 is 17.2 Å². The quantitative estimate of drug-likeness (QED) is 0.806. The second-order valence-corrected chi connectivity index (χ2v) is 5.48. The van der Waals surface area contributed by atoms with E-state index < -0.39 is 0 Å². The molecule has 1 aliphatic heterocycles. The summed E-state index contributed by atoms with van der Waals surface area (Å²) in [5.41, 5.74) is 0. The van der Waals surface area contributed by atoms with E-state index in [0.717, 1.165) is 16.3 Å². The molecule has 1 aromatic heterocycles. The zero-order valence-electron chi connectivity index (χ0n) is 9.77. The summed E-state index contributed by atoms with van der Waals surface area (Å²) >= 11 is 1.58. The minimum Gasteiger partial charge on any atom is -0.384 e. The molecule has 17 heavy (non-hydrogen) atoms. The lowest BCUT2D eigenvalue weighted by atomic mass is 10.2. The Morgan fingerprint density at radius 1 is 1.59 bits per heavy atom. The second kappa shape index (κ2) is 5.35. The van der Waals surface area contributed by atoms with E-state index in [1.807, 2.05) is 17.0 Å². The van der Waals surface area contributed by atoms with Crippen LogP contribution >= 0.6 is 11.3 Å². The number of aliphatic hydroxyl groups is 1. The van der Waals surface area contributed by atoms with Gasteiger partial charge < -0.3 is 10.0 Å². The number of nitrogens with zero attached hydrogens (tertiary/aromatic N) is 1. The van der Waals surface area contributed by atoms with Crippen LogP contribution in [-0.4, -0.2) is 29.1 Å². The van der Waals surface area contributed by atoms with Crippen molar-refractivity contribution in [3.8, 4) is 11.8 Å². The number of carbonyl (C=O) groups is 1. The molecule has 4 heteroatoms. The maximum atomic E-state index is 11.6. The van der Waals surface area contributed by atoms with E-state index in [4.69, 9.17) is 5.11 Å². The van der Waals surface area contributed by atoms with Crippen molar-refractivity contribution < 1.29 is 9.90 Å². The Hall–Kier alpha value is -1.31. The summed E-state index contributed by atoms with van der Waals surface area (Å²) in [5, 5.41) is 8.61. The van der Waals surface area contributed by atoms with Gasteiger partial charge in [-0.05, 0) is 18.1 Å². The Bertz CT molecular complexity index is 469. The zero-order chi connectivity index (χ0) is 12.3. The van der Waals surface area contributed by atoms with Gasteiger partial charge in [0.25, 0.3) is 0 Å². The van der Waals surface area contributed by atoms with E-state index in [1.54, 1.807) is 11.3 Å². The SMILES string of the molecule is CC1CC(=O)N(Cc2ccc(C#CCO)s2)C1. The first kappa shape index (κ1) is 12.2. The number of rotatable bonds is 2. The summed E-state index contributed by atoms with van der Waals surface area (Å²) < 4.78 is 0. The number of carbonyl (C=O) groups excluding carboxylic acids is 1. The van der Waals surface area contributed by atoms with Crippen LogP contribution in [0.15, 0.2) is 12.1 Å². The highest BCUT2D eigenvalue weighted by Crippen LogP contribution is 2.23. The third-order valence-electron chi connectivity index (χ3n) is 2.71. The second-order valence-electron chi connectivity index (χ2n) is 4.31. The molecule has 0 aliphatic carbocycles. The van der Waals surface area contributed by atoms with E-state index in [-0.39, 0.29) is 12.5 Å². The Kier molecular flexibility index (Phi) is 3.82.